The Hall–Kier alpha value is -1.59. The Morgan fingerprint density at radius 2 is 1.91 bits per heavy atom. The predicted molar refractivity (Wildman–Crippen MR) is 124 cm³/mol. The number of ether oxygens (including phenoxy) is 1. The van der Waals surface area contributed by atoms with Gasteiger partial charge in [-0.25, -0.2) is 18.3 Å². The number of fused-ring (bicyclic) bond motifs is 1. The Balaban J connectivity index is 1.81. The maximum Gasteiger partial charge on any atom is 0.410 e. The minimum absolute atomic E-state index is 0.105. The highest BCUT2D eigenvalue weighted by atomic mass is 35.5. The van der Waals surface area contributed by atoms with Gasteiger partial charge in [0.2, 0.25) is 16.4 Å². The third kappa shape index (κ3) is 6.10. The van der Waals surface area contributed by atoms with Gasteiger partial charge in [-0.15, -0.1) is 0 Å². The largest absolute Gasteiger partial charge is 0.444 e. The minimum atomic E-state index is -3.91. The molecular formula is C21H29Cl2N3O6S. The number of hydrogen-bond acceptors (Lipinski definition) is 6. The fourth-order valence-corrected chi connectivity index (χ4v) is 6.36. The van der Waals surface area contributed by atoms with Crippen molar-refractivity contribution in [1.82, 2.24) is 14.3 Å². The number of hydroxylamine groups is 2. The first-order chi connectivity index (χ1) is 15.3. The number of sulfonamides is 1. The normalized spacial score (nSPS) is 20.3. The molecule has 1 saturated heterocycles. The van der Waals surface area contributed by atoms with Crippen molar-refractivity contribution in [3.05, 3.63) is 33.3 Å². The second kappa shape index (κ2) is 9.95. The molecule has 2 heterocycles. The van der Waals surface area contributed by atoms with E-state index in [9.17, 15) is 23.2 Å². The standard InChI is InChI=1S/C21H29Cl2N3O6S/c1-21(2,3)32-20(28)25-7-4-5-18(25)19(26(29)13-27)12-33(30,31)24-8-6-14-9-16(22)17(23)10-15(14)11-24/h9-10,13,18-19,29H,4-8,11-12H2,1-3H3/t18-,19-/m1/s1. The molecule has 1 N–H and O–H groups in total. The number of benzene rings is 1. The Kier molecular flexibility index (Phi) is 7.85. The lowest BCUT2D eigenvalue weighted by atomic mass is 10.0. The molecule has 2 aliphatic heterocycles. The molecule has 2 aliphatic rings. The zero-order chi connectivity index (χ0) is 24.6. The van der Waals surface area contributed by atoms with Crippen molar-refractivity contribution >= 4 is 45.7 Å². The highest BCUT2D eigenvalue weighted by Crippen LogP contribution is 2.31. The summed E-state index contributed by atoms with van der Waals surface area (Å²) >= 11 is 12.2. The molecule has 0 saturated carbocycles. The van der Waals surface area contributed by atoms with Crippen molar-refractivity contribution in [3.63, 3.8) is 0 Å². The van der Waals surface area contributed by atoms with Gasteiger partial charge in [-0.2, -0.15) is 4.31 Å². The van der Waals surface area contributed by atoms with Crippen LogP contribution in [0.1, 0.15) is 44.7 Å². The smallest absolute Gasteiger partial charge is 0.410 e. The molecule has 2 amide bonds. The topological polar surface area (TPSA) is 107 Å². The average Bonchev–Trinajstić information content (AvgIpc) is 3.20. The van der Waals surface area contributed by atoms with Crippen LogP contribution in [0.4, 0.5) is 4.79 Å². The lowest BCUT2D eigenvalue weighted by Gasteiger charge is -2.36. The molecule has 3 rings (SSSR count). The highest BCUT2D eigenvalue weighted by Gasteiger charge is 2.42. The Morgan fingerprint density at radius 1 is 1.27 bits per heavy atom. The zero-order valence-electron chi connectivity index (χ0n) is 18.8. The van der Waals surface area contributed by atoms with E-state index >= 15 is 0 Å². The van der Waals surface area contributed by atoms with Crippen LogP contribution in [0.25, 0.3) is 0 Å². The van der Waals surface area contributed by atoms with E-state index in [0.29, 0.717) is 40.9 Å². The molecule has 0 spiro atoms. The van der Waals surface area contributed by atoms with E-state index in [1.54, 1.807) is 32.9 Å². The third-order valence-corrected chi connectivity index (χ3v) is 8.40. The van der Waals surface area contributed by atoms with Gasteiger partial charge in [0.15, 0.2) is 0 Å². The average molecular weight is 522 g/mol. The summed E-state index contributed by atoms with van der Waals surface area (Å²) in [5, 5.41) is 11.4. The van der Waals surface area contributed by atoms with Gasteiger partial charge in [0, 0.05) is 19.6 Å². The highest BCUT2D eigenvalue weighted by molar-refractivity contribution is 7.89. The third-order valence-electron chi connectivity index (χ3n) is 5.81. The van der Waals surface area contributed by atoms with Crippen LogP contribution in [0.5, 0.6) is 0 Å². The Bertz CT molecular complexity index is 1010. The van der Waals surface area contributed by atoms with Crippen molar-refractivity contribution in [2.75, 3.05) is 18.8 Å². The molecule has 2 atom stereocenters. The van der Waals surface area contributed by atoms with E-state index in [-0.39, 0.29) is 19.5 Å². The maximum absolute atomic E-state index is 13.3. The quantitative estimate of drug-likeness (QED) is 0.349. The summed E-state index contributed by atoms with van der Waals surface area (Å²) in [5.41, 5.74) is 0.944. The molecule has 0 unspecified atom stereocenters. The molecule has 184 valence electrons. The van der Waals surface area contributed by atoms with Crippen LogP contribution < -0.4 is 0 Å². The van der Waals surface area contributed by atoms with Gasteiger partial charge < -0.3 is 9.64 Å². The molecular weight excluding hydrogens is 493 g/mol. The van der Waals surface area contributed by atoms with E-state index in [4.69, 9.17) is 27.9 Å². The second-order valence-corrected chi connectivity index (χ2v) is 12.2. The van der Waals surface area contributed by atoms with Crippen LogP contribution >= 0.6 is 23.2 Å². The number of carbonyl (C=O) groups is 2. The van der Waals surface area contributed by atoms with Gasteiger partial charge in [-0.05, 0) is 63.3 Å². The van der Waals surface area contributed by atoms with Crippen molar-refractivity contribution in [2.45, 2.75) is 64.3 Å². The summed E-state index contributed by atoms with van der Waals surface area (Å²) in [6.45, 7) is 5.88. The van der Waals surface area contributed by atoms with Gasteiger partial charge in [0.25, 0.3) is 0 Å². The molecule has 0 aliphatic carbocycles. The summed E-state index contributed by atoms with van der Waals surface area (Å²) in [4.78, 5) is 25.5. The van der Waals surface area contributed by atoms with Crippen LogP contribution in [0.2, 0.25) is 10.0 Å². The molecule has 1 aromatic rings. The van der Waals surface area contributed by atoms with E-state index in [1.165, 1.54) is 9.21 Å². The first-order valence-electron chi connectivity index (χ1n) is 10.7. The number of carbonyl (C=O) groups excluding carboxylic acids is 2. The maximum atomic E-state index is 13.3. The van der Waals surface area contributed by atoms with Crippen LogP contribution in [0, 0.1) is 0 Å². The van der Waals surface area contributed by atoms with E-state index < -0.39 is 39.6 Å². The number of likely N-dealkylation sites (tertiary alicyclic amines) is 1. The molecule has 1 fully saturated rings. The van der Waals surface area contributed by atoms with Gasteiger partial charge >= 0.3 is 6.09 Å². The second-order valence-electron chi connectivity index (χ2n) is 9.33. The number of rotatable bonds is 6. The predicted octanol–water partition coefficient (Wildman–Crippen LogP) is 3.30. The van der Waals surface area contributed by atoms with E-state index in [0.717, 1.165) is 11.1 Å². The van der Waals surface area contributed by atoms with Gasteiger partial charge in [0.05, 0.1) is 27.9 Å². The molecule has 0 bridgehead atoms. The summed E-state index contributed by atoms with van der Waals surface area (Å²) in [6.07, 6.45) is 1.05. The molecule has 0 aromatic heterocycles. The van der Waals surface area contributed by atoms with Crippen LogP contribution in [0.15, 0.2) is 12.1 Å². The Labute approximate surface area is 204 Å². The Morgan fingerprint density at radius 3 is 2.52 bits per heavy atom. The van der Waals surface area contributed by atoms with Crippen molar-refractivity contribution < 1.29 is 28.0 Å². The fraction of sp³-hybridized carbons (Fsp3) is 0.619. The summed E-state index contributed by atoms with van der Waals surface area (Å²) in [6, 6.07) is 1.56. The molecule has 0 radical (unpaired) electrons. The fourth-order valence-electron chi connectivity index (χ4n) is 4.26. The lowest BCUT2D eigenvalue weighted by molar-refractivity contribution is -0.163. The van der Waals surface area contributed by atoms with Crippen LogP contribution in [-0.4, -0.2) is 76.9 Å². The first kappa shape index (κ1) is 26.0. The molecule has 12 heteroatoms. The summed E-state index contributed by atoms with van der Waals surface area (Å²) in [5.74, 6) is -0.539. The summed E-state index contributed by atoms with van der Waals surface area (Å²) < 4.78 is 33.4. The molecule has 33 heavy (non-hydrogen) atoms. The van der Waals surface area contributed by atoms with Crippen molar-refractivity contribution in [1.29, 1.82) is 0 Å². The van der Waals surface area contributed by atoms with Crippen LogP contribution in [0.3, 0.4) is 0 Å². The van der Waals surface area contributed by atoms with E-state index in [2.05, 4.69) is 0 Å². The molecule has 1 aromatic carbocycles. The van der Waals surface area contributed by atoms with Gasteiger partial charge in [-0.3, -0.25) is 10.0 Å². The van der Waals surface area contributed by atoms with Gasteiger partial charge in [0.1, 0.15) is 5.60 Å². The minimum Gasteiger partial charge on any atom is -0.444 e. The number of hydrogen-bond donors (Lipinski definition) is 1. The lowest BCUT2D eigenvalue weighted by Crippen LogP contribution is -2.55. The molecule has 9 nitrogen and oxygen atoms in total. The SMILES string of the molecule is CC(C)(C)OC(=O)N1CCC[C@@H]1[C@@H](CS(=O)(=O)N1CCc2cc(Cl)c(Cl)cc2C1)N(O)C=O. The van der Waals surface area contributed by atoms with E-state index in [1.807, 2.05) is 0 Å². The van der Waals surface area contributed by atoms with Crippen molar-refractivity contribution in [3.8, 4) is 0 Å². The number of amides is 2. The zero-order valence-corrected chi connectivity index (χ0v) is 21.2. The van der Waals surface area contributed by atoms with Crippen molar-refractivity contribution in [2.24, 2.45) is 0 Å². The monoisotopic (exact) mass is 521 g/mol. The summed E-state index contributed by atoms with van der Waals surface area (Å²) in [7, 11) is -3.91. The van der Waals surface area contributed by atoms with Crippen LogP contribution in [-0.2, 0) is 32.5 Å². The first-order valence-corrected chi connectivity index (χ1v) is 13.1. The number of halogens is 2. The number of nitrogens with zero attached hydrogens (tertiary/aromatic N) is 3. The van der Waals surface area contributed by atoms with Gasteiger partial charge in [-0.1, -0.05) is 23.2 Å².